The molecule has 3 aromatic rings. The first-order valence-electron chi connectivity index (χ1n) is 8.28. The molecule has 3 rings (SSSR count). The zero-order chi connectivity index (χ0) is 20.3. The normalized spacial score (nSPS) is 12.1. The molecule has 0 aliphatic heterocycles. The molecular formula is C19H16ClF4N3O. The van der Waals surface area contributed by atoms with Crippen LogP contribution in [0.2, 0.25) is 5.02 Å². The van der Waals surface area contributed by atoms with Gasteiger partial charge in [0.05, 0.1) is 11.6 Å². The third-order valence-electron chi connectivity index (χ3n) is 3.86. The molecule has 28 heavy (non-hydrogen) atoms. The van der Waals surface area contributed by atoms with Crippen molar-refractivity contribution < 1.29 is 22.0 Å². The summed E-state index contributed by atoms with van der Waals surface area (Å²) in [5, 5.41) is 6.85. The van der Waals surface area contributed by atoms with E-state index >= 15 is 0 Å². The first kappa shape index (κ1) is 20.0. The highest BCUT2D eigenvalue weighted by Gasteiger charge is 2.28. The molecule has 2 heterocycles. The molecule has 0 aliphatic rings. The molecule has 0 saturated heterocycles. The summed E-state index contributed by atoms with van der Waals surface area (Å²) in [5.74, 6) is -3.88. The van der Waals surface area contributed by atoms with Crippen molar-refractivity contribution >= 4 is 17.4 Å². The summed E-state index contributed by atoms with van der Waals surface area (Å²) in [7, 11) is 0. The van der Waals surface area contributed by atoms with Crippen molar-refractivity contribution in [2.75, 3.05) is 5.32 Å². The number of benzene rings is 1. The van der Waals surface area contributed by atoms with E-state index in [4.69, 9.17) is 16.0 Å². The van der Waals surface area contributed by atoms with Crippen molar-refractivity contribution in [1.29, 1.82) is 0 Å². The van der Waals surface area contributed by atoms with Gasteiger partial charge in [0.2, 0.25) is 0 Å². The van der Waals surface area contributed by atoms with Crippen molar-refractivity contribution in [3.8, 4) is 0 Å². The lowest BCUT2D eigenvalue weighted by Crippen LogP contribution is -2.05. The standard InChI is InChI=1S/C19H16ClF4N3O/c1-19(23,24)16-7-4-12(28-16)11-27-10-8-17(26-27)25-9-2-3-13-14(21)5-6-15(22)18(13)20/h2,4-10H,3,11H2,1H3,(H,25,26)/b9-2+. The summed E-state index contributed by atoms with van der Waals surface area (Å²) in [4.78, 5) is 0. The third-order valence-corrected chi connectivity index (χ3v) is 4.27. The lowest BCUT2D eigenvalue weighted by molar-refractivity contribution is -0.00636. The third kappa shape index (κ3) is 4.75. The minimum atomic E-state index is -3.04. The topological polar surface area (TPSA) is 43.0 Å². The molecule has 1 aromatic carbocycles. The van der Waals surface area contributed by atoms with Gasteiger partial charge >= 0.3 is 5.92 Å². The van der Waals surface area contributed by atoms with Crippen molar-refractivity contribution in [3.63, 3.8) is 0 Å². The number of alkyl halides is 2. The van der Waals surface area contributed by atoms with Crippen LogP contribution in [-0.2, 0) is 18.9 Å². The minimum absolute atomic E-state index is 0.0617. The molecule has 0 radical (unpaired) electrons. The molecule has 0 unspecified atom stereocenters. The van der Waals surface area contributed by atoms with E-state index in [1.165, 1.54) is 23.0 Å². The van der Waals surface area contributed by atoms with Gasteiger partial charge in [-0.1, -0.05) is 17.7 Å². The lowest BCUT2D eigenvalue weighted by Gasteiger charge is -2.05. The Balaban J connectivity index is 1.57. The second-order valence-electron chi connectivity index (χ2n) is 6.13. The summed E-state index contributed by atoms with van der Waals surface area (Å²) in [6.07, 6.45) is 4.84. The maximum atomic E-state index is 13.7. The number of nitrogens with one attached hydrogen (secondary N) is 1. The average molecular weight is 414 g/mol. The molecule has 0 amide bonds. The van der Waals surface area contributed by atoms with Crippen LogP contribution in [-0.4, -0.2) is 9.78 Å². The van der Waals surface area contributed by atoms with Crippen LogP contribution < -0.4 is 5.32 Å². The predicted molar refractivity (Wildman–Crippen MR) is 97.4 cm³/mol. The summed E-state index contributed by atoms with van der Waals surface area (Å²) in [5.41, 5.74) is 0.0617. The van der Waals surface area contributed by atoms with Crippen molar-refractivity contribution in [3.05, 3.63) is 82.5 Å². The Hall–Kier alpha value is -2.74. The zero-order valence-electron chi connectivity index (χ0n) is 14.7. The fourth-order valence-corrected chi connectivity index (χ4v) is 2.69. The second kappa shape index (κ2) is 8.10. The molecule has 0 spiro atoms. The maximum absolute atomic E-state index is 13.7. The molecule has 0 saturated carbocycles. The van der Waals surface area contributed by atoms with Gasteiger partial charge in [-0.3, -0.25) is 4.68 Å². The number of hydrogen-bond donors (Lipinski definition) is 1. The highest BCUT2D eigenvalue weighted by molar-refractivity contribution is 6.31. The van der Waals surface area contributed by atoms with Crippen LogP contribution in [0.5, 0.6) is 0 Å². The molecule has 148 valence electrons. The summed E-state index contributed by atoms with van der Waals surface area (Å²) in [6, 6.07) is 6.36. The van der Waals surface area contributed by atoms with Crippen LogP contribution in [0.3, 0.4) is 0 Å². The van der Waals surface area contributed by atoms with Crippen molar-refractivity contribution in [2.24, 2.45) is 0 Å². The van der Waals surface area contributed by atoms with Crippen LogP contribution in [0.1, 0.15) is 24.0 Å². The van der Waals surface area contributed by atoms with E-state index in [1.54, 1.807) is 18.3 Å². The Morgan fingerprint density at radius 3 is 2.64 bits per heavy atom. The van der Waals surface area contributed by atoms with Gasteiger partial charge in [0.15, 0.2) is 11.6 Å². The highest BCUT2D eigenvalue weighted by Crippen LogP contribution is 2.28. The molecule has 2 aromatic heterocycles. The maximum Gasteiger partial charge on any atom is 0.301 e. The average Bonchev–Trinajstić information content (AvgIpc) is 3.27. The van der Waals surface area contributed by atoms with Gasteiger partial charge < -0.3 is 9.73 Å². The number of halogens is 5. The largest absolute Gasteiger partial charge is 0.458 e. The number of hydrogen-bond acceptors (Lipinski definition) is 3. The van der Waals surface area contributed by atoms with E-state index < -0.39 is 23.3 Å². The SMILES string of the molecule is CC(F)(F)c1ccc(Cn2ccc(N/C=C/Cc3c(F)ccc(F)c3Cl)n2)o1. The Morgan fingerprint density at radius 1 is 1.18 bits per heavy atom. The number of anilines is 1. The summed E-state index contributed by atoms with van der Waals surface area (Å²) in [6.45, 7) is 0.951. The molecule has 0 bridgehead atoms. The Bertz CT molecular complexity index is 991. The fraction of sp³-hybridized carbons (Fsp3) is 0.211. The number of furan rings is 1. The smallest absolute Gasteiger partial charge is 0.301 e. The Labute approximate surface area is 163 Å². The van der Waals surface area contributed by atoms with Gasteiger partial charge in [-0.25, -0.2) is 8.78 Å². The van der Waals surface area contributed by atoms with Crippen molar-refractivity contribution in [2.45, 2.75) is 25.8 Å². The minimum Gasteiger partial charge on any atom is -0.458 e. The molecule has 4 nitrogen and oxygen atoms in total. The molecule has 0 fully saturated rings. The second-order valence-corrected chi connectivity index (χ2v) is 6.50. The fourth-order valence-electron chi connectivity index (χ4n) is 2.46. The van der Waals surface area contributed by atoms with E-state index in [0.29, 0.717) is 11.6 Å². The molecule has 0 aliphatic carbocycles. The summed E-state index contributed by atoms with van der Waals surface area (Å²) >= 11 is 5.76. The van der Waals surface area contributed by atoms with Gasteiger partial charge in [0.25, 0.3) is 0 Å². The van der Waals surface area contributed by atoms with E-state index in [-0.39, 0.29) is 23.6 Å². The highest BCUT2D eigenvalue weighted by atomic mass is 35.5. The first-order chi connectivity index (χ1) is 13.2. The molecule has 9 heteroatoms. The van der Waals surface area contributed by atoms with Gasteiger partial charge in [-0.05, 0) is 36.9 Å². The zero-order valence-corrected chi connectivity index (χ0v) is 15.5. The van der Waals surface area contributed by atoms with Gasteiger partial charge in [0, 0.05) is 24.8 Å². The Morgan fingerprint density at radius 2 is 1.93 bits per heavy atom. The number of aromatic nitrogens is 2. The van der Waals surface area contributed by atoms with E-state index in [1.807, 2.05) is 0 Å². The van der Waals surface area contributed by atoms with Gasteiger partial charge in [-0.15, -0.1) is 0 Å². The van der Waals surface area contributed by atoms with Crippen LogP contribution in [0.4, 0.5) is 23.4 Å². The molecular weight excluding hydrogens is 398 g/mol. The molecule has 0 atom stereocenters. The van der Waals surface area contributed by atoms with Gasteiger partial charge in [-0.2, -0.15) is 13.9 Å². The van der Waals surface area contributed by atoms with E-state index in [2.05, 4.69) is 10.4 Å². The number of allylic oxidation sites excluding steroid dienone is 1. The summed E-state index contributed by atoms with van der Waals surface area (Å²) < 4.78 is 60.1. The Kier molecular flexibility index (Phi) is 5.79. The van der Waals surface area contributed by atoms with Crippen LogP contribution in [0.25, 0.3) is 0 Å². The van der Waals surface area contributed by atoms with Crippen LogP contribution in [0, 0.1) is 11.6 Å². The number of rotatable bonds is 7. The van der Waals surface area contributed by atoms with Crippen molar-refractivity contribution in [1.82, 2.24) is 9.78 Å². The van der Waals surface area contributed by atoms with Gasteiger partial charge in [0.1, 0.15) is 17.4 Å². The monoisotopic (exact) mass is 413 g/mol. The predicted octanol–water partition coefficient (Wildman–Crippen LogP) is 5.74. The quantitative estimate of drug-likeness (QED) is 0.397. The number of nitrogens with zero attached hydrogens (tertiary/aromatic N) is 2. The van der Waals surface area contributed by atoms with Crippen LogP contribution >= 0.6 is 11.6 Å². The van der Waals surface area contributed by atoms with Crippen LogP contribution in [0.15, 0.2) is 53.2 Å². The van der Waals surface area contributed by atoms with E-state index in [9.17, 15) is 17.6 Å². The molecule has 1 N–H and O–H groups in total. The first-order valence-corrected chi connectivity index (χ1v) is 8.66. The lowest BCUT2D eigenvalue weighted by atomic mass is 10.1. The van der Waals surface area contributed by atoms with E-state index in [0.717, 1.165) is 19.1 Å².